The summed E-state index contributed by atoms with van der Waals surface area (Å²) in [6, 6.07) is 25.3. The fourth-order valence-corrected chi connectivity index (χ4v) is 5.02. The van der Waals surface area contributed by atoms with Gasteiger partial charge in [0.05, 0.1) is 11.7 Å². The number of benzene rings is 3. The van der Waals surface area contributed by atoms with E-state index in [4.69, 9.17) is 5.11 Å². The molecular formula is C30H24N2O2S. The zero-order valence-electron chi connectivity index (χ0n) is 19.2. The van der Waals surface area contributed by atoms with Crippen LogP contribution in [-0.2, 0) is 4.79 Å². The Hall–Kier alpha value is -4.22. The third-order valence-electron chi connectivity index (χ3n) is 6.09. The Morgan fingerprint density at radius 3 is 2.37 bits per heavy atom. The molecule has 0 fully saturated rings. The van der Waals surface area contributed by atoms with Crippen LogP contribution in [-0.4, -0.2) is 21.3 Å². The van der Waals surface area contributed by atoms with Crippen molar-refractivity contribution >= 4 is 45.4 Å². The van der Waals surface area contributed by atoms with Crippen LogP contribution in [0.25, 0.3) is 39.3 Å². The monoisotopic (exact) mass is 476 g/mol. The molecule has 0 aliphatic heterocycles. The van der Waals surface area contributed by atoms with Crippen molar-refractivity contribution in [3.05, 3.63) is 118 Å². The van der Waals surface area contributed by atoms with Gasteiger partial charge in [0.1, 0.15) is 0 Å². The molecule has 35 heavy (non-hydrogen) atoms. The van der Waals surface area contributed by atoms with Crippen LogP contribution in [0.3, 0.4) is 0 Å². The molecule has 0 unspecified atom stereocenters. The highest BCUT2D eigenvalue weighted by Crippen LogP contribution is 2.36. The Labute approximate surface area is 207 Å². The van der Waals surface area contributed by atoms with E-state index in [1.807, 2.05) is 18.3 Å². The number of rotatable bonds is 7. The number of nitrogens with zero attached hydrogens (tertiary/aromatic N) is 1. The van der Waals surface area contributed by atoms with Gasteiger partial charge in [0.15, 0.2) is 0 Å². The molecular weight excluding hydrogens is 452 g/mol. The summed E-state index contributed by atoms with van der Waals surface area (Å²) < 4.78 is 0. The third-order valence-corrected chi connectivity index (χ3v) is 6.77. The largest absolute Gasteiger partial charge is 0.478 e. The van der Waals surface area contributed by atoms with E-state index >= 15 is 0 Å². The first kappa shape index (κ1) is 22.6. The SMILES string of the molecule is CCC(=C(c1ccc(C=CC(=O)O)cc1)c1ccc2[nH]ncc2c1)c1ccc(-c2ccsc2)cc1. The fraction of sp³-hybridized carbons (Fsp3) is 0.0667. The number of carboxylic acids is 1. The molecule has 5 aromatic rings. The standard InChI is InChI=1S/C30H24N2O2S/c1-2-27(22-10-8-21(9-11-22)25-15-16-35-19-25)30(24-12-13-28-26(17-24)18-31-32-28)23-6-3-20(4-7-23)5-14-29(33)34/h3-19H,2H2,1H3,(H,31,32)(H,33,34). The van der Waals surface area contributed by atoms with Crippen molar-refractivity contribution in [3.8, 4) is 11.1 Å². The summed E-state index contributed by atoms with van der Waals surface area (Å²) in [6.07, 6.45) is 5.47. The van der Waals surface area contributed by atoms with Crippen LogP contribution < -0.4 is 0 Å². The lowest BCUT2D eigenvalue weighted by molar-refractivity contribution is -0.131. The van der Waals surface area contributed by atoms with Gasteiger partial charge in [-0.2, -0.15) is 16.4 Å². The van der Waals surface area contributed by atoms with Crippen LogP contribution in [0, 0.1) is 0 Å². The highest BCUT2D eigenvalue weighted by Gasteiger charge is 2.14. The van der Waals surface area contributed by atoms with Crippen molar-refractivity contribution in [2.45, 2.75) is 13.3 Å². The second kappa shape index (κ2) is 9.95. The maximum absolute atomic E-state index is 10.9. The van der Waals surface area contributed by atoms with E-state index in [2.05, 4.69) is 88.5 Å². The molecule has 3 aromatic carbocycles. The van der Waals surface area contributed by atoms with Gasteiger partial charge in [0.2, 0.25) is 0 Å². The summed E-state index contributed by atoms with van der Waals surface area (Å²) >= 11 is 1.70. The molecule has 0 saturated carbocycles. The number of nitrogens with one attached hydrogen (secondary N) is 1. The van der Waals surface area contributed by atoms with Gasteiger partial charge < -0.3 is 5.11 Å². The van der Waals surface area contributed by atoms with E-state index in [1.165, 1.54) is 22.3 Å². The minimum Gasteiger partial charge on any atom is -0.478 e. The van der Waals surface area contributed by atoms with Gasteiger partial charge in [-0.25, -0.2) is 4.79 Å². The van der Waals surface area contributed by atoms with Crippen molar-refractivity contribution in [1.82, 2.24) is 10.2 Å². The quantitative estimate of drug-likeness (QED) is 0.186. The predicted molar refractivity (Wildman–Crippen MR) is 145 cm³/mol. The van der Waals surface area contributed by atoms with Crippen LogP contribution in [0.15, 0.2) is 95.8 Å². The summed E-state index contributed by atoms with van der Waals surface area (Å²) in [6.45, 7) is 2.18. The van der Waals surface area contributed by atoms with E-state index in [1.54, 1.807) is 17.4 Å². The first-order valence-corrected chi connectivity index (χ1v) is 12.4. The third kappa shape index (κ3) is 4.86. The number of thiophene rings is 1. The number of aliphatic carboxylic acids is 1. The van der Waals surface area contributed by atoms with Crippen molar-refractivity contribution in [2.75, 3.05) is 0 Å². The van der Waals surface area contributed by atoms with E-state index in [0.29, 0.717) is 0 Å². The molecule has 2 N–H and O–H groups in total. The van der Waals surface area contributed by atoms with Gasteiger partial charge >= 0.3 is 5.97 Å². The Bertz CT molecular complexity index is 1520. The van der Waals surface area contributed by atoms with Gasteiger partial charge in [-0.15, -0.1) is 0 Å². The molecule has 0 radical (unpaired) electrons. The second-order valence-corrected chi connectivity index (χ2v) is 9.04. The Balaban J connectivity index is 1.64. The summed E-state index contributed by atoms with van der Waals surface area (Å²) in [5.74, 6) is -0.956. The maximum atomic E-state index is 10.9. The number of aromatic nitrogens is 2. The highest BCUT2D eigenvalue weighted by molar-refractivity contribution is 7.08. The number of allylic oxidation sites excluding steroid dienone is 1. The van der Waals surface area contributed by atoms with Crippen LogP contribution in [0.2, 0.25) is 0 Å². The summed E-state index contributed by atoms with van der Waals surface area (Å²) in [5, 5.41) is 21.5. The molecule has 0 spiro atoms. The Kier molecular flexibility index (Phi) is 6.42. The van der Waals surface area contributed by atoms with E-state index in [0.717, 1.165) is 45.7 Å². The van der Waals surface area contributed by atoms with E-state index in [9.17, 15) is 4.79 Å². The van der Waals surface area contributed by atoms with Crippen LogP contribution in [0.1, 0.15) is 35.6 Å². The first-order valence-electron chi connectivity index (χ1n) is 11.4. The molecule has 5 heteroatoms. The number of carboxylic acid groups (broad SMARTS) is 1. The summed E-state index contributed by atoms with van der Waals surface area (Å²) in [4.78, 5) is 10.9. The van der Waals surface area contributed by atoms with E-state index < -0.39 is 5.97 Å². The summed E-state index contributed by atoms with van der Waals surface area (Å²) in [7, 11) is 0. The molecule has 172 valence electrons. The minimum absolute atomic E-state index is 0.846. The molecule has 5 rings (SSSR count). The lowest BCUT2D eigenvalue weighted by Crippen LogP contribution is -1.95. The average molecular weight is 477 g/mol. The van der Waals surface area contributed by atoms with Crippen LogP contribution in [0.5, 0.6) is 0 Å². The van der Waals surface area contributed by atoms with Crippen LogP contribution in [0.4, 0.5) is 0 Å². The van der Waals surface area contributed by atoms with Crippen molar-refractivity contribution < 1.29 is 9.90 Å². The molecule has 0 atom stereocenters. The highest BCUT2D eigenvalue weighted by atomic mass is 32.1. The zero-order valence-corrected chi connectivity index (χ0v) is 20.0. The molecule has 4 nitrogen and oxygen atoms in total. The number of fused-ring (bicyclic) bond motifs is 1. The van der Waals surface area contributed by atoms with Gasteiger partial charge in [0.25, 0.3) is 0 Å². The molecule has 0 aliphatic rings. The van der Waals surface area contributed by atoms with Crippen molar-refractivity contribution in [1.29, 1.82) is 0 Å². The molecule has 2 heterocycles. The molecule has 2 aromatic heterocycles. The maximum Gasteiger partial charge on any atom is 0.328 e. The molecule has 0 amide bonds. The number of H-pyrrole nitrogens is 1. The summed E-state index contributed by atoms with van der Waals surface area (Å²) in [5.41, 5.74) is 10.1. The smallest absolute Gasteiger partial charge is 0.328 e. The topological polar surface area (TPSA) is 66.0 Å². The zero-order chi connectivity index (χ0) is 24.2. The molecule has 0 aliphatic carbocycles. The van der Waals surface area contributed by atoms with Crippen LogP contribution >= 0.6 is 11.3 Å². The lowest BCUT2D eigenvalue weighted by Gasteiger charge is -2.17. The van der Waals surface area contributed by atoms with Gasteiger partial charge in [-0.3, -0.25) is 5.10 Å². The number of aromatic amines is 1. The van der Waals surface area contributed by atoms with Gasteiger partial charge in [-0.1, -0.05) is 61.5 Å². The average Bonchev–Trinajstić information content (AvgIpc) is 3.59. The van der Waals surface area contributed by atoms with Crippen molar-refractivity contribution in [2.24, 2.45) is 0 Å². The Morgan fingerprint density at radius 1 is 0.943 bits per heavy atom. The normalized spacial score (nSPS) is 12.3. The lowest BCUT2D eigenvalue weighted by atomic mass is 9.87. The number of hydrogen-bond acceptors (Lipinski definition) is 3. The Morgan fingerprint density at radius 2 is 1.69 bits per heavy atom. The number of hydrogen-bond donors (Lipinski definition) is 2. The van der Waals surface area contributed by atoms with Gasteiger partial charge in [-0.05, 0) is 86.0 Å². The second-order valence-electron chi connectivity index (χ2n) is 8.26. The number of carbonyl (C=O) groups is 1. The van der Waals surface area contributed by atoms with E-state index in [-0.39, 0.29) is 0 Å². The molecule has 0 bridgehead atoms. The minimum atomic E-state index is -0.956. The first-order chi connectivity index (χ1) is 17.1. The molecule has 0 saturated heterocycles. The predicted octanol–water partition coefficient (Wildman–Crippen LogP) is 7.76. The fourth-order valence-electron chi connectivity index (χ4n) is 4.36. The van der Waals surface area contributed by atoms with Crippen molar-refractivity contribution in [3.63, 3.8) is 0 Å². The van der Waals surface area contributed by atoms with Gasteiger partial charge in [0, 0.05) is 11.5 Å².